The fraction of sp³-hybridized carbons (Fsp3) is 0.333. The Labute approximate surface area is 143 Å². The van der Waals surface area contributed by atoms with Crippen molar-refractivity contribution >= 4 is 11.7 Å². The Bertz CT molecular complexity index is 857. The number of rotatable bonds is 4. The normalized spacial score (nSPS) is 14.6. The molecule has 0 bridgehead atoms. The highest BCUT2D eigenvalue weighted by molar-refractivity contribution is 5.88. The van der Waals surface area contributed by atoms with Gasteiger partial charge in [0.2, 0.25) is 0 Å². The van der Waals surface area contributed by atoms with Crippen molar-refractivity contribution in [3.8, 4) is 11.3 Å². The molecule has 0 aliphatic carbocycles. The molecule has 7 heteroatoms. The molecular formula is C18H19FN2O4. The Morgan fingerprint density at radius 2 is 2.04 bits per heavy atom. The maximum atomic E-state index is 14.6. The second kappa shape index (κ2) is 7.06. The van der Waals surface area contributed by atoms with E-state index in [0.29, 0.717) is 55.2 Å². The quantitative estimate of drug-likeness (QED) is 0.887. The molecule has 1 aliphatic heterocycles. The van der Waals surface area contributed by atoms with Crippen molar-refractivity contribution in [2.75, 3.05) is 31.2 Å². The molecule has 1 fully saturated rings. The molecule has 1 saturated heterocycles. The zero-order chi connectivity index (χ0) is 18.0. The summed E-state index contributed by atoms with van der Waals surface area (Å²) < 4.78 is 19.9. The fourth-order valence-corrected chi connectivity index (χ4v) is 2.99. The highest BCUT2D eigenvalue weighted by Crippen LogP contribution is 2.28. The van der Waals surface area contributed by atoms with E-state index < -0.39 is 11.5 Å². The molecule has 1 aliphatic rings. The molecular weight excluding hydrogens is 327 g/mol. The molecule has 6 nitrogen and oxygen atoms in total. The molecule has 0 radical (unpaired) electrons. The Morgan fingerprint density at radius 3 is 2.64 bits per heavy atom. The SMILES string of the molecule is CCc1cc(C(=O)O)c(=O)[nH]c1-c1ccc(N2CCOCC2)c(F)c1. The van der Waals surface area contributed by atoms with Crippen LogP contribution in [0.15, 0.2) is 29.1 Å². The second-order valence-corrected chi connectivity index (χ2v) is 5.84. The van der Waals surface area contributed by atoms with E-state index in [1.165, 1.54) is 12.1 Å². The predicted molar refractivity (Wildman–Crippen MR) is 91.8 cm³/mol. The molecule has 2 N–H and O–H groups in total. The molecule has 25 heavy (non-hydrogen) atoms. The topological polar surface area (TPSA) is 82.6 Å². The number of aryl methyl sites for hydroxylation is 1. The van der Waals surface area contributed by atoms with Crippen LogP contribution in [0.5, 0.6) is 0 Å². The summed E-state index contributed by atoms with van der Waals surface area (Å²) in [4.78, 5) is 27.6. The number of halogens is 1. The first-order valence-electron chi connectivity index (χ1n) is 8.13. The van der Waals surface area contributed by atoms with Crippen LogP contribution in [0.2, 0.25) is 0 Å². The van der Waals surface area contributed by atoms with Crippen LogP contribution in [0.3, 0.4) is 0 Å². The summed E-state index contributed by atoms with van der Waals surface area (Å²) in [6.07, 6.45) is 0.513. The average molecular weight is 346 g/mol. The number of benzene rings is 1. The standard InChI is InChI=1S/C18H19FN2O4/c1-2-11-9-13(18(23)24)17(22)20-16(11)12-3-4-15(14(19)10-12)21-5-7-25-8-6-21/h3-4,9-10H,2,5-8H2,1H3,(H,20,22)(H,23,24). The van der Waals surface area contributed by atoms with Crippen molar-refractivity contribution in [3.63, 3.8) is 0 Å². The minimum absolute atomic E-state index is 0.314. The molecule has 1 aromatic carbocycles. The van der Waals surface area contributed by atoms with Crippen molar-refractivity contribution in [1.82, 2.24) is 4.98 Å². The predicted octanol–water partition coefficient (Wildman–Crippen LogP) is 2.28. The molecule has 0 unspecified atom stereocenters. The van der Waals surface area contributed by atoms with Crippen LogP contribution in [-0.2, 0) is 11.2 Å². The second-order valence-electron chi connectivity index (χ2n) is 5.84. The molecule has 1 aromatic heterocycles. The van der Waals surface area contributed by atoms with Crippen molar-refractivity contribution in [3.05, 3.63) is 51.6 Å². The van der Waals surface area contributed by atoms with Gasteiger partial charge in [-0.2, -0.15) is 0 Å². The van der Waals surface area contributed by atoms with Gasteiger partial charge in [-0.05, 0) is 30.2 Å². The van der Waals surface area contributed by atoms with Gasteiger partial charge in [0.1, 0.15) is 11.4 Å². The number of anilines is 1. The van der Waals surface area contributed by atoms with Gasteiger partial charge in [-0.25, -0.2) is 9.18 Å². The summed E-state index contributed by atoms with van der Waals surface area (Å²) in [5, 5.41) is 9.08. The average Bonchev–Trinajstić information content (AvgIpc) is 2.61. The number of aromatic amines is 1. The van der Waals surface area contributed by atoms with Crippen LogP contribution >= 0.6 is 0 Å². The van der Waals surface area contributed by atoms with Crippen molar-refractivity contribution in [1.29, 1.82) is 0 Å². The van der Waals surface area contributed by atoms with Gasteiger partial charge in [0.25, 0.3) is 5.56 Å². The first kappa shape index (κ1) is 17.2. The fourth-order valence-electron chi connectivity index (χ4n) is 2.99. The summed E-state index contributed by atoms with van der Waals surface area (Å²) in [5.41, 5.74) is 1.10. The lowest BCUT2D eigenvalue weighted by molar-refractivity contribution is 0.0695. The number of carboxylic acids is 1. The Hall–Kier alpha value is -2.67. The van der Waals surface area contributed by atoms with Crippen molar-refractivity contribution in [2.24, 2.45) is 0 Å². The van der Waals surface area contributed by atoms with Crippen molar-refractivity contribution < 1.29 is 19.0 Å². The lowest BCUT2D eigenvalue weighted by Crippen LogP contribution is -2.36. The molecule has 3 rings (SSSR count). The third-order valence-corrected chi connectivity index (χ3v) is 4.32. The maximum absolute atomic E-state index is 14.6. The van der Waals surface area contributed by atoms with E-state index in [9.17, 15) is 14.0 Å². The lowest BCUT2D eigenvalue weighted by atomic mass is 10.0. The summed E-state index contributed by atoms with van der Waals surface area (Å²) >= 11 is 0. The van der Waals surface area contributed by atoms with Gasteiger partial charge in [-0.1, -0.05) is 13.0 Å². The molecule has 0 spiro atoms. The van der Waals surface area contributed by atoms with Crippen LogP contribution in [0.4, 0.5) is 10.1 Å². The van der Waals surface area contributed by atoms with E-state index in [1.54, 1.807) is 12.1 Å². The Balaban J connectivity index is 2.02. The molecule has 2 heterocycles. The van der Waals surface area contributed by atoms with Crippen LogP contribution in [0, 0.1) is 5.82 Å². The number of aromatic nitrogens is 1. The minimum Gasteiger partial charge on any atom is -0.477 e. The number of nitrogens with zero attached hydrogens (tertiary/aromatic N) is 1. The number of carboxylic acid groups (broad SMARTS) is 1. The van der Waals surface area contributed by atoms with E-state index in [4.69, 9.17) is 9.84 Å². The molecule has 2 aromatic rings. The maximum Gasteiger partial charge on any atom is 0.341 e. The number of hydrogen-bond acceptors (Lipinski definition) is 4. The van der Waals surface area contributed by atoms with E-state index >= 15 is 0 Å². The number of ether oxygens (including phenoxy) is 1. The zero-order valence-corrected chi connectivity index (χ0v) is 13.8. The number of hydrogen-bond donors (Lipinski definition) is 2. The number of carbonyl (C=O) groups is 1. The van der Waals surface area contributed by atoms with Gasteiger partial charge >= 0.3 is 5.97 Å². The van der Waals surface area contributed by atoms with Crippen LogP contribution in [0.25, 0.3) is 11.3 Å². The largest absolute Gasteiger partial charge is 0.477 e. The van der Waals surface area contributed by atoms with E-state index in [-0.39, 0.29) is 11.4 Å². The molecule has 0 saturated carbocycles. The smallest absolute Gasteiger partial charge is 0.341 e. The molecule has 0 atom stereocenters. The summed E-state index contributed by atoms with van der Waals surface area (Å²) in [5.74, 6) is -1.67. The summed E-state index contributed by atoms with van der Waals surface area (Å²) in [6.45, 7) is 4.22. The number of pyridine rings is 1. The van der Waals surface area contributed by atoms with Gasteiger partial charge in [0.15, 0.2) is 0 Å². The highest BCUT2D eigenvalue weighted by atomic mass is 19.1. The third-order valence-electron chi connectivity index (χ3n) is 4.32. The van der Waals surface area contributed by atoms with Gasteiger partial charge in [0, 0.05) is 18.7 Å². The van der Waals surface area contributed by atoms with Crippen LogP contribution in [0.1, 0.15) is 22.8 Å². The van der Waals surface area contributed by atoms with E-state index in [0.717, 1.165) is 0 Å². The Kier molecular flexibility index (Phi) is 4.85. The first-order valence-corrected chi connectivity index (χ1v) is 8.13. The lowest BCUT2D eigenvalue weighted by Gasteiger charge is -2.29. The van der Waals surface area contributed by atoms with Gasteiger partial charge in [0.05, 0.1) is 24.6 Å². The van der Waals surface area contributed by atoms with Gasteiger partial charge < -0.3 is 19.7 Å². The highest BCUT2D eigenvalue weighted by Gasteiger charge is 2.18. The molecule has 0 amide bonds. The summed E-state index contributed by atoms with van der Waals surface area (Å²) in [7, 11) is 0. The zero-order valence-electron chi connectivity index (χ0n) is 13.8. The first-order chi connectivity index (χ1) is 12.0. The number of morpholine rings is 1. The Morgan fingerprint density at radius 1 is 1.32 bits per heavy atom. The number of nitrogens with one attached hydrogen (secondary N) is 1. The van der Waals surface area contributed by atoms with Crippen LogP contribution < -0.4 is 10.5 Å². The monoisotopic (exact) mass is 346 g/mol. The number of aromatic carboxylic acids is 1. The number of H-pyrrole nitrogens is 1. The minimum atomic E-state index is -1.28. The van der Waals surface area contributed by atoms with E-state index in [2.05, 4.69) is 4.98 Å². The van der Waals surface area contributed by atoms with Crippen LogP contribution in [-0.4, -0.2) is 42.4 Å². The third kappa shape index (κ3) is 3.41. The van der Waals surface area contributed by atoms with Gasteiger partial charge in [-0.15, -0.1) is 0 Å². The molecule has 132 valence electrons. The summed E-state index contributed by atoms with van der Waals surface area (Å²) in [6, 6.07) is 6.14. The van der Waals surface area contributed by atoms with Crippen molar-refractivity contribution in [2.45, 2.75) is 13.3 Å². The van der Waals surface area contributed by atoms with Gasteiger partial charge in [-0.3, -0.25) is 4.79 Å². The van der Waals surface area contributed by atoms with E-state index in [1.807, 2.05) is 11.8 Å².